The molecule has 2 N–H and O–H groups in total. The molecular weight excluding hydrogens is 364 g/mol. The minimum absolute atomic E-state index is 0.0496. The molecule has 0 bridgehead atoms. The second kappa shape index (κ2) is 8.35. The first-order valence-corrected chi connectivity index (χ1v) is 9.19. The molecule has 2 aromatic rings. The van der Waals surface area contributed by atoms with Crippen LogP contribution in [0, 0.1) is 0 Å². The molecule has 1 aromatic heterocycles. The standard InChI is InChI=1S/C16H19F2N5O2S/c17-15(18)25-12-6-4-11(5-7-12)14-20-21-16(23(14)19)26-10-13(24)22-8-2-1-3-9-22/h4-7,15H,1-3,8-10,19H2. The second-order valence-corrected chi connectivity index (χ2v) is 6.75. The van der Waals surface area contributed by atoms with E-state index in [1.165, 1.54) is 35.0 Å². The summed E-state index contributed by atoms with van der Waals surface area (Å²) in [6.45, 7) is -1.28. The zero-order valence-corrected chi connectivity index (χ0v) is 14.8. The van der Waals surface area contributed by atoms with Gasteiger partial charge in [0, 0.05) is 18.7 Å². The van der Waals surface area contributed by atoms with Crippen molar-refractivity contribution in [2.75, 3.05) is 24.7 Å². The summed E-state index contributed by atoms with van der Waals surface area (Å²) in [6.07, 6.45) is 3.25. The summed E-state index contributed by atoms with van der Waals surface area (Å²) < 4.78 is 30.0. The van der Waals surface area contributed by atoms with Crippen LogP contribution >= 0.6 is 11.8 Å². The Hall–Kier alpha value is -2.36. The van der Waals surface area contributed by atoms with Crippen LogP contribution in [0.25, 0.3) is 11.4 Å². The first kappa shape index (κ1) is 18.4. The fourth-order valence-electron chi connectivity index (χ4n) is 2.72. The van der Waals surface area contributed by atoms with Gasteiger partial charge in [0.1, 0.15) is 5.75 Å². The fraction of sp³-hybridized carbons (Fsp3) is 0.438. The smallest absolute Gasteiger partial charge is 0.387 e. The van der Waals surface area contributed by atoms with Crippen LogP contribution < -0.4 is 10.6 Å². The van der Waals surface area contributed by atoms with Gasteiger partial charge in [0.05, 0.1) is 5.75 Å². The van der Waals surface area contributed by atoms with Gasteiger partial charge in [0.15, 0.2) is 5.82 Å². The zero-order valence-electron chi connectivity index (χ0n) is 14.0. The first-order valence-electron chi connectivity index (χ1n) is 8.21. The number of hydrogen-bond donors (Lipinski definition) is 1. The number of likely N-dealkylation sites (tertiary alicyclic amines) is 1. The lowest BCUT2D eigenvalue weighted by Gasteiger charge is -2.26. The van der Waals surface area contributed by atoms with Gasteiger partial charge in [0.25, 0.3) is 0 Å². The molecule has 1 saturated heterocycles. The van der Waals surface area contributed by atoms with E-state index in [9.17, 15) is 13.6 Å². The third-order valence-electron chi connectivity index (χ3n) is 4.04. The molecule has 0 atom stereocenters. The third-order valence-corrected chi connectivity index (χ3v) is 4.96. The van der Waals surface area contributed by atoms with Crippen LogP contribution in [-0.4, -0.2) is 51.1 Å². The molecule has 140 valence electrons. The molecule has 7 nitrogen and oxygen atoms in total. The molecule has 0 aliphatic carbocycles. The number of carbonyl (C=O) groups excluding carboxylic acids is 1. The zero-order chi connectivity index (χ0) is 18.5. The summed E-state index contributed by atoms with van der Waals surface area (Å²) in [7, 11) is 0. The molecule has 2 heterocycles. The molecule has 1 aliphatic heterocycles. The van der Waals surface area contributed by atoms with E-state index in [1.54, 1.807) is 12.1 Å². The number of amides is 1. The summed E-state index contributed by atoms with van der Waals surface area (Å²) in [5.41, 5.74) is 0.607. The van der Waals surface area contributed by atoms with Crippen LogP contribution in [0.5, 0.6) is 5.75 Å². The Morgan fingerprint density at radius 3 is 2.54 bits per heavy atom. The number of rotatable bonds is 6. The molecule has 1 aliphatic rings. The number of nitrogens with two attached hydrogens (primary N) is 1. The number of nitrogen functional groups attached to an aromatic ring is 1. The molecule has 26 heavy (non-hydrogen) atoms. The van der Waals surface area contributed by atoms with Gasteiger partial charge in [-0.3, -0.25) is 4.79 Å². The normalized spacial score (nSPS) is 14.7. The molecule has 0 spiro atoms. The highest BCUT2D eigenvalue weighted by atomic mass is 32.2. The number of aromatic nitrogens is 3. The van der Waals surface area contributed by atoms with Crippen molar-refractivity contribution in [1.29, 1.82) is 0 Å². The summed E-state index contributed by atoms with van der Waals surface area (Å²) in [5, 5.41) is 8.44. The number of hydrogen-bond acceptors (Lipinski definition) is 6. The Labute approximate surface area is 153 Å². The van der Waals surface area contributed by atoms with Crippen molar-refractivity contribution in [1.82, 2.24) is 19.8 Å². The van der Waals surface area contributed by atoms with Gasteiger partial charge in [-0.1, -0.05) is 11.8 Å². The molecule has 10 heteroatoms. The van der Waals surface area contributed by atoms with Crippen molar-refractivity contribution in [3.05, 3.63) is 24.3 Å². The molecule has 0 unspecified atom stereocenters. The average molecular weight is 383 g/mol. The van der Waals surface area contributed by atoms with E-state index >= 15 is 0 Å². The monoisotopic (exact) mass is 383 g/mol. The molecule has 0 saturated carbocycles. The highest BCUT2D eigenvalue weighted by Gasteiger charge is 2.19. The lowest BCUT2D eigenvalue weighted by molar-refractivity contribution is -0.129. The van der Waals surface area contributed by atoms with Gasteiger partial charge in [-0.25, -0.2) is 4.68 Å². The van der Waals surface area contributed by atoms with Crippen molar-refractivity contribution < 1.29 is 18.3 Å². The number of piperidine rings is 1. The van der Waals surface area contributed by atoms with E-state index in [0.717, 1.165) is 25.9 Å². The molecule has 1 aromatic carbocycles. The van der Waals surface area contributed by atoms with E-state index < -0.39 is 6.61 Å². The lowest BCUT2D eigenvalue weighted by Crippen LogP contribution is -2.36. The van der Waals surface area contributed by atoms with Crippen molar-refractivity contribution in [3.8, 4) is 17.1 Å². The van der Waals surface area contributed by atoms with Crippen LogP contribution in [0.4, 0.5) is 8.78 Å². The summed E-state index contributed by atoms with van der Waals surface area (Å²) >= 11 is 1.23. The maximum absolute atomic E-state index is 12.2. The minimum Gasteiger partial charge on any atom is -0.435 e. The Balaban J connectivity index is 1.63. The average Bonchev–Trinajstić information content (AvgIpc) is 3.01. The molecule has 1 amide bonds. The maximum Gasteiger partial charge on any atom is 0.387 e. The quantitative estimate of drug-likeness (QED) is 0.609. The van der Waals surface area contributed by atoms with E-state index in [-0.39, 0.29) is 17.4 Å². The van der Waals surface area contributed by atoms with E-state index in [4.69, 9.17) is 5.84 Å². The Morgan fingerprint density at radius 2 is 1.88 bits per heavy atom. The van der Waals surface area contributed by atoms with Crippen LogP contribution in [0.2, 0.25) is 0 Å². The van der Waals surface area contributed by atoms with Crippen molar-refractivity contribution in [2.24, 2.45) is 0 Å². The predicted octanol–water partition coefficient (Wildman–Crippen LogP) is 2.36. The number of nitrogens with zero attached hydrogens (tertiary/aromatic N) is 4. The fourth-order valence-corrected chi connectivity index (χ4v) is 3.48. The van der Waals surface area contributed by atoms with E-state index in [2.05, 4.69) is 14.9 Å². The predicted molar refractivity (Wildman–Crippen MR) is 93.4 cm³/mol. The van der Waals surface area contributed by atoms with Crippen LogP contribution in [0.15, 0.2) is 29.4 Å². The molecule has 3 rings (SSSR count). The highest BCUT2D eigenvalue weighted by Crippen LogP contribution is 2.24. The summed E-state index contributed by atoms with van der Waals surface area (Å²) in [5.74, 6) is 6.75. The number of benzene rings is 1. The van der Waals surface area contributed by atoms with Gasteiger partial charge in [-0.2, -0.15) is 8.78 Å². The Bertz CT molecular complexity index is 748. The lowest BCUT2D eigenvalue weighted by atomic mass is 10.1. The van der Waals surface area contributed by atoms with Gasteiger partial charge >= 0.3 is 6.61 Å². The number of ether oxygens (including phenoxy) is 1. The van der Waals surface area contributed by atoms with Crippen LogP contribution in [0.1, 0.15) is 19.3 Å². The molecule has 0 radical (unpaired) electrons. The Morgan fingerprint density at radius 1 is 1.19 bits per heavy atom. The number of alkyl halides is 2. The van der Waals surface area contributed by atoms with Crippen molar-refractivity contribution in [2.45, 2.75) is 31.0 Å². The van der Waals surface area contributed by atoms with E-state index in [1.807, 2.05) is 4.90 Å². The Kier molecular flexibility index (Phi) is 5.92. The van der Waals surface area contributed by atoms with Gasteiger partial charge in [-0.15, -0.1) is 10.2 Å². The van der Waals surface area contributed by atoms with Crippen LogP contribution in [0.3, 0.4) is 0 Å². The number of thioether (sulfide) groups is 1. The summed E-state index contributed by atoms with van der Waals surface area (Å²) in [6, 6.07) is 5.95. The first-order chi connectivity index (χ1) is 12.5. The maximum atomic E-state index is 12.2. The third kappa shape index (κ3) is 4.43. The largest absolute Gasteiger partial charge is 0.435 e. The van der Waals surface area contributed by atoms with Gasteiger partial charge < -0.3 is 15.5 Å². The topological polar surface area (TPSA) is 86.3 Å². The van der Waals surface area contributed by atoms with Crippen LogP contribution in [-0.2, 0) is 4.79 Å². The van der Waals surface area contributed by atoms with Gasteiger partial charge in [0.2, 0.25) is 11.1 Å². The van der Waals surface area contributed by atoms with Crippen molar-refractivity contribution >= 4 is 17.7 Å². The van der Waals surface area contributed by atoms with Gasteiger partial charge in [-0.05, 0) is 43.5 Å². The van der Waals surface area contributed by atoms with E-state index in [0.29, 0.717) is 16.5 Å². The molecular formula is C16H19F2N5O2S. The number of carbonyl (C=O) groups is 1. The number of halogens is 2. The van der Waals surface area contributed by atoms with Crippen molar-refractivity contribution in [3.63, 3.8) is 0 Å². The SMILES string of the molecule is Nn1c(SCC(=O)N2CCCCC2)nnc1-c1ccc(OC(F)F)cc1. The second-order valence-electron chi connectivity index (χ2n) is 5.81. The minimum atomic E-state index is -2.88. The molecule has 1 fully saturated rings. The highest BCUT2D eigenvalue weighted by molar-refractivity contribution is 7.99. The summed E-state index contributed by atoms with van der Waals surface area (Å²) in [4.78, 5) is 14.1.